The van der Waals surface area contributed by atoms with Crippen LogP contribution in [0.2, 0.25) is 0 Å². The van der Waals surface area contributed by atoms with E-state index in [1.165, 1.54) is 11.8 Å². The van der Waals surface area contributed by atoms with Crippen LogP contribution in [0.3, 0.4) is 0 Å². The first-order valence-electron chi connectivity index (χ1n) is 5.10. The van der Waals surface area contributed by atoms with E-state index in [9.17, 15) is 4.79 Å². The number of thioether (sulfide) groups is 1. The number of hydrogen-bond acceptors (Lipinski definition) is 4. The number of carbonyl (C=O) groups excluding carboxylic acids is 1. The van der Waals surface area contributed by atoms with Gasteiger partial charge in [0.15, 0.2) is 0 Å². The van der Waals surface area contributed by atoms with Gasteiger partial charge in [-0.15, -0.1) is 11.8 Å². The second-order valence-electron chi connectivity index (χ2n) is 3.53. The van der Waals surface area contributed by atoms with Crippen LogP contribution in [0.25, 0.3) is 0 Å². The number of nitrogens with two attached hydrogens (primary N) is 2. The van der Waals surface area contributed by atoms with Crippen molar-refractivity contribution >= 4 is 23.4 Å². The molecule has 1 aromatic carbocycles. The summed E-state index contributed by atoms with van der Waals surface area (Å²) in [5, 5.41) is 3.29. The van der Waals surface area contributed by atoms with Crippen LogP contribution in [-0.2, 0) is 4.79 Å². The molecule has 0 aliphatic rings. The minimum Gasteiger partial charge on any atom is -0.380 e. The standard InChI is InChI=1S/C11H17N3OS/c1-8(6-12)14-9-4-2-3-5-10(9)16-7-11(13)15/h2-5,8,14H,6-7,12H2,1H3,(H2,13,15). The van der Waals surface area contributed by atoms with Gasteiger partial charge in [0, 0.05) is 23.2 Å². The molecule has 0 fully saturated rings. The van der Waals surface area contributed by atoms with E-state index in [1.807, 2.05) is 31.2 Å². The molecule has 0 radical (unpaired) electrons. The highest BCUT2D eigenvalue weighted by Gasteiger charge is 2.06. The molecule has 0 aromatic heterocycles. The Balaban J connectivity index is 2.71. The lowest BCUT2D eigenvalue weighted by Gasteiger charge is -2.15. The Morgan fingerprint density at radius 1 is 1.50 bits per heavy atom. The van der Waals surface area contributed by atoms with Crippen LogP contribution in [0.1, 0.15) is 6.92 Å². The predicted molar refractivity (Wildman–Crippen MR) is 68.5 cm³/mol. The number of anilines is 1. The molecule has 1 aromatic rings. The zero-order valence-corrected chi connectivity index (χ0v) is 10.1. The van der Waals surface area contributed by atoms with E-state index in [0.29, 0.717) is 6.54 Å². The van der Waals surface area contributed by atoms with Gasteiger partial charge in [-0.1, -0.05) is 12.1 Å². The van der Waals surface area contributed by atoms with Gasteiger partial charge < -0.3 is 16.8 Å². The average molecular weight is 239 g/mol. The molecule has 0 saturated carbocycles. The molecule has 4 nitrogen and oxygen atoms in total. The fraction of sp³-hybridized carbons (Fsp3) is 0.364. The van der Waals surface area contributed by atoms with Gasteiger partial charge in [0.1, 0.15) is 0 Å². The lowest BCUT2D eigenvalue weighted by Crippen LogP contribution is -2.25. The normalized spacial score (nSPS) is 12.1. The molecule has 16 heavy (non-hydrogen) atoms. The van der Waals surface area contributed by atoms with Crippen molar-refractivity contribution in [2.24, 2.45) is 11.5 Å². The molecule has 1 rings (SSSR count). The number of benzene rings is 1. The summed E-state index contributed by atoms with van der Waals surface area (Å²) in [6.45, 7) is 2.57. The number of rotatable bonds is 6. The first kappa shape index (κ1) is 12.9. The summed E-state index contributed by atoms with van der Waals surface area (Å²) in [4.78, 5) is 11.7. The van der Waals surface area contributed by atoms with Crippen LogP contribution in [-0.4, -0.2) is 24.2 Å². The maximum atomic E-state index is 10.7. The van der Waals surface area contributed by atoms with E-state index in [4.69, 9.17) is 11.5 Å². The van der Waals surface area contributed by atoms with Crippen molar-refractivity contribution in [3.63, 3.8) is 0 Å². The van der Waals surface area contributed by atoms with E-state index >= 15 is 0 Å². The fourth-order valence-electron chi connectivity index (χ4n) is 1.19. The molecule has 88 valence electrons. The van der Waals surface area contributed by atoms with E-state index in [2.05, 4.69) is 5.32 Å². The first-order chi connectivity index (χ1) is 7.63. The zero-order valence-electron chi connectivity index (χ0n) is 9.27. The van der Waals surface area contributed by atoms with E-state index in [-0.39, 0.29) is 17.7 Å². The Morgan fingerprint density at radius 3 is 2.81 bits per heavy atom. The van der Waals surface area contributed by atoms with Crippen molar-refractivity contribution in [1.29, 1.82) is 0 Å². The predicted octanol–water partition coefficient (Wildman–Crippen LogP) is 1.02. The molecule has 0 bridgehead atoms. The molecule has 5 N–H and O–H groups in total. The fourth-order valence-corrected chi connectivity index (χ4v) is 1.94. The number of para-hydroxylation sites is 1. The number of primary amides is 1. The second-order valence-corrected chi connectivity index (χ2v) is 4.55. The molecule has 5 heteroatoms. The van der Waals surface area contributed by atoms with E-state index < -0.39 is 0 Å². The lowest BCUT2D eigenvalue weighted by molar-refractivity contribution is -0.115. The van der Waals surface area contributed by atoms with Gasteiger partial charge in [-0.3, -0.25) is 4.79 Å². The quantitative estimate of drug-likeness (QED) is 0.647. The highest BCUT2D eigenvalue weighted by molar-refractivity contribution is 8.00. The molecule has 0 saturated heterocycles. The molecule has 1 amide bonds. The Morgan fingerprint density at radius 2 is 2.19 bits per heavy atom. The Kier molecular flexibility index (Phi) is 5.14. The maximum Gasteiger partial charge on any atom is 0.227 e. The molecular formula is C11H17N3OS. The van der Waals surface area contributed by atoms with Crippen LogP contribution >= 0.6 is 11.8 Å². The summed E-state index contributed by atoms with van der Waals surface area (Å²) < 4.78 is 0. The molecule has 1 atom stereocenters. The lowest BCUT2D eigenvalue weighted by atomic mass is 10.2. The summed E-state index contributed by atoms with van der Waals surface area (Å²) in [5.41, 5.74) is 11.7. The van der Waals surface area contributed by atoms with Crippen molar-refractivity contribution in [3.8, 4) is 0 Å². The first-order valence-corrected chi connectivity index (χ1v) is 6.08. The molecule has 0 spiro atoms. The van der Waals surface area contributed by atoms with E-state index in [1.54, 1.807) is 0 Å². The zero-order chi connectivity index (χ0) is 12.0. The van der Waals surface area contributed by atoms with Crippen molar-refractivity contribution in [2.75, 3.05) is 17.6 Å². The average Bonchev–Trinajstić information content (AvgIpc) is 2.27. The third kappa shape index (κ3) is 4.12. The highest BCUT2D eigenvalue weighted by atomic mass is 32.2. The second kappa shape index (κ2) is 6.40. The maximum absolute atomic E-state index is 10.7. The van der Waals surface area contributed by atoms with Crippen LogP contribution in [0.15, 0.2) is 29.2 Å². The smallest absolute Gasteiger partial charge is 0.227 e. The Labute approximate surface area is 99.8 Å². The Hall–Kier alpha value is -1.20. The minimum atomic E-state index is -0.313. The third-order valence-electron chi connectivity index (χ3n) is 2.01. The summed E-state index contributed by atoms with van der Waals surface area (Å²) in [5.74, 6) is -0.0259. The van der Waals surface area contributed by atoms with Gasteiger partial charge in [-0.25, -0.2) is 0 Å². The number of carbonyl (C=O) groups is 1. The summed E-state index contributed by atoms with van der Waals surface area (Å²) in [6.07, 6.45) is 0. The molecule has 1 unspecified atom stereocenters. The molecule has 0 aliphatic heterocycles. The Bertz CT molecular complexity index is 357. The molecule has 0 aliphatic carbocycles. The van der Waals surface area contributed by atoms with Crippen LogP contribution in [0.5, 0.6) is 0 Å². The van der Waals surface area contributed by atoms with Gasteiger partial charge >= 0.3 is 0 Å². The summed E-state index contributed by atoms with van der Waals surface area (Å²) in [7, 11) is 0. The topological polar surface area (TPSA) is 81.1 Å². The van der Waals surface area contributed by atoms with Gasteiger partial charge in [0.2, 0.25) is 5.91 Å². The monoisotopic (exact) mass is 239 g/mol. The van der Waals surface area contributed by atoms with E-state index in [0.717, 1.165) is 10.6 Å². The minimum absolute atomic E-state index is 0.204. The SMILES string of the molecule is CC(CN)Nc1ccccc1SCC(N)=O. The van der Waals surface area contributed by atoms with Crippen LogP contribution in [0, 0.1) is 0 Å². The van der Waals surface area contributed by atoms with Crippen molar-refractivity contribution < 1.29 is 4.79 Å². The molecule has 0 heterocycles. The third-order valence-corrected chi connectivity index (χ3v) is 3.11. The largest absolute Gasteiger partial charge is 0.380 e. The van der Waals surface area contributed by atoms with Crippen molar-refractivity contribution in [2.45, 2.75) is 17.9 Å². The van der Waals surface area contributed by atoms with Crippen molar-refractivity contribution in [1.82, 2.24) is 0 Å². The van der Waals surface area contributed by atoms with Gasteiger partial charge in [-0.2, -0.15) is 0 Å². The van der Waals surface area contributed by atoms with Crippen LogP contribution in [0.4, 0.5) is 5.69 Å². The number of hydrogen-bond donors (Lipinski definition) is 3. The van der Waals surface area contributed by atoms with Gasteiger partial charge in [0.05, 0.1) is 5.75 Å². The highest BCUT2D eigenvalue weighted by Crippen LogP contribution is 2.26. The van der Waals surface area contributed by atoms with Gasteiger partial charge in [0.25, 0.3) is 0 Å². The summed E-state index contributed by atoms with van der Waals surface area (Å²) >= 11 is 1.43. The van der Waals surface area contributed by atoms with Gasteiger partial charge in [-0.05, 0) is 19.1 Å². The van der Waals surface area contributed by atoms with Crippen LogP contribution < -0.4 is 16.8 Å². The van der Waals surface area contributed by atoms with Crippen molar-refractivity contribution in [3.05, 3.63) is 24.3 Å². The molecular weight excluding hydrogens is 222 g/mol. The summed E-state index contributed by atoms with van der Waals surface area (Å²) in [6, 6.07) is 8.01. The number of nitrogens with one attached hydrogen (secondary N) is 1. The number of amides is 1.